The van der Waals surface area contributed by atoms with E-state index in [1.54, 1.807) is 12.4 Å². The topological polar surface area (TPSA) is 81.7 Å². The van der Waals surface area contributed by atoms with Gasteiger partial charge in [-0.3, -0.25) is 0 Å². The van der Waals surface area contributed by atoms with Crippen molar-refractivity contribution >= 4 is 22.4 Å². The molecule has 0 bridgehead atoms. The van der Waals surface area contributed by atoms with Gasteiger partial charge in [-0.1, -0.05) is 5.92 Å². The summed E-state index contributed by atoms with van der Waals surface area (Å²) in [6.07, 6.45) is 5.34. The van der Waals surface area contributed by atoms with Crippen LogP contribution in [-0.4, -0.2) is 26.6 Å². The van der Waals surface area contributed by atoms with Gasteiger partial charge in [-0.05, 0) is 18.9 Å². The van der Waals surface area contributed by atoms with Crippen LogP contribution >= 0.6 is 0 Å². The summed E-state index contributed by atoms with van der Waals surface area (Å²) in [6, 6.07) is 1.81. The Hall–Kier alpha value is -3.07. The maximum Gasteiger partial charge on any atom is 0.135 e. The maximum absolute atomic E-state index is 5.80. The van der Waals surface area contributed by atoms with Crippen LogP contribution in [0.1, 0.15) is 17.1 Å². The Labute approximate surface area is 128 Å². The third-order valence-corrected chi connectivity index (χ3v) is 3.46. The fourth-order valence-corrected chi connectivity index (χ4v) is 2.20. The normalized spacial score (nSPS) is 10.3. The maximum atomic E-state index is 5.80. The summed E-state index contributed by atoms with van der Waals surface area (Å²) in [5.41, 5.74) is 7.33. The van der Waals surface area contributed by atoms with E-state index in [1.807, 2.05) is 37.8 Å². The minimum atomic E-state index is 0.456. The van der Waals surface area contributed by atoms with Gasteiger partial charge in [0.2, 0.25) is 0 Å². The molecule has 22 heavy (non-hydrogen) atoms. The van der Waals surface area contributed by atoms with Gasteiger partial charge in [-0.25, -0.2) is 15.0 Å². The summed E-state index contributed by atoms with van der Waals surface area (Å²) < 4.78 is 1.94. The molecule has 0 atom stereocenters. The SMILES string of the molecule is CNc1ncc(C#Cc2cn(C)c(C)n2)c2cc(N)ncc12. The van der Waals surface area contributed by atoms with Crippen molar-refractivity contribution in [3.05, 3.63) is 41.7 Å². The molecule has 0 aromatic carbocycles. The number of nitrogens with two attached hydrogens (primary N) is 1. The summed E-state index contributed by atoms with van der Waals surface area (Å²) in [4.78, 5) is 12.9. The van der Waals surface area contributed by atoms with E-state index < -0.39 is 0 Å². The molecule has 3 N–H and O–H groups in total. The summed E-state index contributed by atoms with van der Waals surface area (Å²) >= 11 is 0. The molecule has 0 radical (unpaired) electrons. The number of pyridine rings is 2. The summed E-state index contributed by atoms with van der Waals surface area (Å²) in [6.45, 7) is 1.94. The van der Waals surface area contributed by atoms with Crippen LogP contribution in [0.25, 0.3) is 10.8 Å². The molecule has 0 aliphatic carbocycles. The number of hydrogen-bond acceptors (Lipinski definition) is 5. The first-order valence-corrected chi connectivity index (χ1v) is 6.82. The number of nitrogens with one attached hydrogen (secondary N) is 1. The zero-order chi connectivity index (χ0) is 15.7. The van der Waals surface area contributed by atoms with Crippen LogP contribution in [0.4, 0.5) is 11.6 Å². The van der Waals surface area contributed by atoms with E-state index in [2.05, 4.69) is 32.1 Å². The first-order valence-electron chi connectivity index (χ1n) is 6.82. The first kappa shape index (κ1) is 13.9. The van der Waals surface area contributed by atoms with E-state index in [9.17, 15) is 0 Å². The second-order valence-corrected chi connectivity index (χ2v) is 4.96. The van der Waals surface area contributed by atoms with Crippen molar-refractivity contribution in [1.82, 2.24) is 19.5 Å². The molecular formula is C16H16N6. The van der Waals surface area contributed by atoms with Crippen LogP contribution in [-0.2, 0) is 7.05 Å². The van der Waals surface area contributed by atoms with Gasteiger partial charge in [0.25, 0.3) is 0 Å². The number of aryl methyl sites for hydroxylation is 2. The molecule has 0 unspecified atom stereocenters. The molecule has 0 aliphatic rings. The summed E-state index contributed by atoms with van der Waals surface area (Å²) in [5, 5.41) is 4.86. The van der Waals surface area contributed by atoms with Gasteiger partial charge in [0.05, 0.1) is 5.56 Å². The number of rotatable bonds is 1. The number of fused-ring (bicyclic) bond motifs is 1. The second-order valence-electron chi connectivity index (χ2n) is 4.96. The van der Waals surface area contributed by atoms with E-state index in [-0.39, 0.29) is 0 Å². The smallest absolute Gasteiger partial charge is 0.135 e. The Morgan fingerprint density at radius 1 is 1.18 bits per heavy atom. The highest BCUT2D eigenvalue weighted by Crippen LogP contribution is 2.24. The van der Waals surface area contributed by atoms with Gasteiger partial charge in [0, 0.05) is 43.5 Å². The van der Waals surface area contributed by atoms with Gasteiger partial charge in [-0.15, -0.1) is 0 Å². The Kier molecular flexibility index (Phi) is 3.39. The summed E-state index contributed by atoms with van der Waals surface area (Å²) in [5.74, 6) is 8.32. The van der Waals surface area contributed by atoms with Gasteiger partial charge in [-0.2, -0.15) is 0 Å². The Morgan fingerprint density at radius 3 is 2.68 bits per heavy atom. The van der Waals surface area contributed by atoms with Crippen molar-refractivity contribution < 1.29 is 0 Å². The third-order valence-electron chi connectivity index (χ3n) is 3.46. The number of aromatic nitrogens is 4. The molecule has 0 aliphatic heterocycles. The molecule has 0 saturated heterocycles. The molecule has 3 rings (SSSR count). The van der Waals surface area contributed by atoms with E-state index in [4.69, 9.17) is 5.73 Å². The predicted molar refractivity (Wildman–Crippen MR) is 87.4 cm³/mol. The van der Waals surface area contributed by atoms with Crippen molar-refractivity contribution in [3.63, 3.8) is 0 Å². The van der Waals surface area contributed by atoms with Crippen LogP contribution in [0, 0.1) is 18.8 Å². The lowest BCUT2D eigenvalue weighted by Gasteiger charge is -2.06. The second kappa shape index (κ2) is 5.37. The molecular weight excluding hydrogens is 276 g/mol. The average molecular weight is 292 g/mol. The minimum Gasteiger partial charge on any atom is -0.384 e. The highest BCUT2D eigenvalue weighted by Gasteiger charge is 2.06. The number of nitrogen functional groups attached to an aromatic ring is 1. The van der Waals surface area contributed by atoms with Crippen molar-refractivity contribution in [3.8, 4) is 11.8 Å². The van der Waals surface area contributed by atoms with Crippen LogP contribution in [0.5, 0.6) is 0 Å². The van der Waals surface area contributed by atoms with E-state index in [0.29, 0.717) is 5.82 Å². The van der Waals surface area contributed by atoms with Gasteiger partial charge in [0.1, 0.15) is 23.2 Å². The Balaban J connectivity index is 2.14. The van der Waals surface area contributed by atoms with Crippen molar-refractivity contribution in [2.24, 2.45) is 7.05 Å². The van der Waals surface area contributed by atoms with Gasteiger partial charge < -0.3 is 15.6 Å². The average Bonchev–Trinajstić information content (AvgIpc) is 2.83. The molecule has 6 nitrogen and oxygen atoms in total. The van der Waals surface area contributed by atoms with Gasteiger partial charge in [0.15, 0.2) is 0 Å². The molecule has 0 fully saturated rings. The molecule has 6 heteroatoms. The fourth-order valence-electron chi connectivity index (χ4n) is 2.20. The highest BCUT2D eigenvalue weighted by molar-refractivity contribution is 5.96. The lowest BCUT2D eigenvalue weighted by Crippen LogP contribution is -1.97. The zero-order valence-electron chi connectivity index (χ0n) is 12.7. The van der Waals surface area contributed by atoms with Crippen molar-refractivity contribution in [1.29, 1.82) is 0 Å². The number of imidazole rings is 1. The van der Waals surface area contributed by atoms with Crippen LogP contribution < -0.4 is 11.1 Å². The Bertz CT molecular complexity index is 894. The monoisotopic (exact) mass is 292 g/mol. The lowest BCUT2D eigenvalue weighted by molar-refractivity contribution is 0.858. The molecule has 0 saturated carbocycles. The van der Waals surface area contributed by atoms with Crippen molar-refractivity contribution in [2.45, 2.75) is 6.92 Å². The molecule has 0 amide bonds. The molecule has 3 aromatic heterocycles. The Morgan fingerprint density at radius 2 is 2.00 bits per heavy atom. The van der Waals surface area contributed by atoms with Crippen LogP contribution in [0.3, 0.4) is 0 Å². The van der Waals surface area contributed by atoms with Crippen molar-refractivity contribution in [2.75, 3.05) is 18.1 Å². The molecule has 110 valence electrons. The molecule has 3 aromatic rings. The largest absolute Gasteiger partial charge is 0.384 e. The number of hydrogen-bond donors (Lipinski definition) is 2. The van der Waals surface area contributed by atoms with E-state index >= 15 is 0 Å². The standard InChI is InChI=1S/C16H16N6/c1-10-21-12(9-22(10)3)5-4-11-7-20-16(18-2)14-8-19-15(17)6-13(11)14/h6-9H,1-3H3,(H2,17,19)(H,18,20). The first-order chi connectivity index (χ1) is 10.6. The molecule has 3 heterocycles. The van der Waals surface area contributed by atoms with Crippen LogP contribution in [0.2, 0.25) is 0 Å². The fraction of sp³-hybridized carbons (Fsp3) is 0.188. The van der Waals surface area contributed by atoms with E-state index in [1.165, 1.54) is 0 Å². The molecule has 0 spiro atoms. The summed E-state index contributed by atoms with van der Waals surface area (Å²) in [7, 11) is 3.76. The van der Waals surface area contributed by atoms with E-state index in [0.717, 1.165) is 33.7 Å². The minimum absolute atomic E-state index is 0.456. The number of nitrogens with zero attached hydrogens (tertiary/aromatic N) is 4. The van der Waals surface area contributed by atoms with Gasteiger partial charge >= 0.3 is 0 Å². The predicted octanol–water partition coefficient (Wildman–Crippen LogP) is 1.70. The zero-order valence-corrected chi connectivity index (χ0v) is 12.7. The van der Waals surface area contributed by atoms with Crippen LogP contribution in [0.15, 0.2) is 24.7 Å². The number of anilines is 2. The highest BCUT2D eigenvalue weighted by atomic mass is 15.0. The lowest BCUT2D eigenvalue weighted by atomic mass is 10.1. The quantitative estimate of drug-likeness (QED) is 0.667. The third kappa shape index (κ3) is 2.44.